The molecule has 1 fully saturated rings. The Bertz CT molecular complexity index is 668. The Hall–Kier alpha value is -2.17. The first-order chi connectivity index (χ1) is 11.1. The zero-order valence-corrected chi connectivity index (χ0v) is 13.8. The minimum Gasteiger partial charge on any atom is -0.341 e. The van der Waals surface area contributed by atoms with Gasteiger partial charge in [-0.1, -0.05) is 49.3 Å². The predicted octanol–water partition coefficient (Wildman–Crippen LogP) is 2.75. The molecule has 0 saturated carbocycles. The lowest BCUT2D eigenvalue weighted by atomic mass is 9.75. The molecule has 0 N–H and O–H groups in total. The molecule has 1 saturated heterocycles. The molecule has 1 aromatic carbocycles. The van der Waals surface area contributed by atoms with Crippen LogP contribution in [0.4, 0.5) is 0 Å². The highest BCUT2D eigenvalue weighted by molar-refractivity contribution is 5.77. The molecule has 1 aliphatic rings. The maximum Gasteiger partial charge on any atom is 0.228 e. The summed E-state index contributed by atoms with van der Waals surface area (Å²) in [5, 5.41) is 3.90. The molecule has 1 atom stereocenters. The molecule has 3 rings (SSSR count). The topological polar surface area (TPSA) is 59.2 Å². The van der Waals surface area contributed by atoms with Gasteiger partial charge in [-0.15, -0.1) is 0 Å². The Morgan fingerprint density at radius 2 is 2.09 bits per heavy atom. The van der Waals surface area contributed by atoms with Crippen molar-refractivity contribution in [2.24, 2.45) is 0 Å². The van der Waals surface area contributed by atoms with Crippen LogP contribution >= 0.6 is 0 Å². The highest BCUT2D eigenvalue weighted by atomic mass is 16.5. The number of rotatable bonds is 5. The van der Waals surface area contributed by atoms with Gasteiger partial charge in [-0.3, -0.25) is 4.79 Å². The second-order valence-corrected chi connectivity index (χ2v) is 6.45. The van der Waals surface area contributed by atoms with E-state index < -0.39 is 0 Å². The molecule has 0 radical (unpaired) electrons. The molecule has 1 amide bonds. The van der Waals surface area contributed by atoms with Crippen molar-refractivity contribution in [3.05, 3.63) is 47.6 Å². The molecular weight excluding hydrogens is 290 g/mol. The number of hydrogen-bond donors (Lipinski definition) is 0. The molecule has 1 aliphatic heterocycles. The number of aryl methyl sites for hydroxylation is 1. The summed E-state index contributed by atoms with van der Waals surface area (Å²) in [4.78, 5) is 18.5. The molecule has 2 heterocycles. The Balaban J connectivity index is 1.67. The minimum absolute atomic E-state index is 0.0125. The first kappa shape index (κ1) is 15.7. The zero-order chi connectivity index (χ0) is 16.3. The smallest absolute Gasteiger partial charge is 0.228 e. The van der Waals surface area contributed by atoms with E-state index in [1.54, 1.807) is 0 Å². The number of piperidine rings is 1. The number of nitrogens with zero attached hydrogens (tertiary/aromatic N) is 3. The van der Waals surface area contributed by atoms with Crippen LogP contribution in [0.5, 0.6) is 0 Å². The van der Waals surface area contributed by atoms with Crippen molar-refractivity contribution in [3.63, 3.8) is 0 Å². The fourth-order valence-corrected chi connectivity index (χ4v) is 3.18. The van der Waals surface area contributed by atoms with Gasteiger partial charge >= 0.3 is 0 Å². The van der Waals surface area contributed by atoms with Crippen molar-refractivity contribution in [1.82, 2.24) is 15.0 Å². The summed E-state index contributed by atoms with van der Waals surface area (Å²) in [6.45, 7) is 5.61. The van der Waals surface area contributed by atoms with Gasteiger partial charge in [-0.2, -0.15) is 4.98 Å². The largest absolute Gasteiger partial charge is 0.341 e. The number of likely N-dealkylation sites (tertiary alicyclic amines) is 1. The number of amides is 1. The average molecular weight is 313 g/mol. The Kier molecular flexibility index (Phi) is 4.46. The second kappa shape index (κ2) is 6.52. The highest BCUT2D eigenvalue weighted by Crippen LogP contribution is 2.34. The van der Waals surface area contributed by atoms with E-state index in [1.165, 1.54) is 5.56 Å². The minimum atomic E-state index is 0.0125. The Morgan fingerprint density at radius 1 is 1.30 bits per heavy atom. The molecule has 5 nitrogen and oxygen atoms in total. The lowest BCUT2D eigenvalue weighted by molar-refractivity contribution is -0.135. The summed E-state index contributed by atoms with van der Waals surface area (Å²) in [5.74, 6) is 1.55. The molecule has 2 aromatic rings. The van der Waals surface area contributed by atoms with E-state index in [2.05, 4.69) is 41.3 Å². The molecule has 0 unspecified atom stereocenters. The number of hydrogen-bond acceptors (Lipinski definition) is 4. The monoisotopic (exact) mass is 313 g/mol. The van der Waals surface area contributed by atoms with Crippen LogP contribution in [-0.4, -0.2) is 34.0 Å². The third-order valence-electron chi connectivity index (χ3n) is 4.68. The summed E-state index contributed by atoms with van der Waals surface area (Å²) in [6.07, 6.45) is 2.87. The summed E-state index contributed by atoms with van der Waals surface area (Å²) >= 11 is 0. The summed E-state index contributed by atoms with van der Waals surface area (Å²) < 4.78 is 5.22. The summed E-state index contributed by atoms with van der Waals surface area (Å²) in [7, 11) is 0. The molecular formula is C18H23N3O2. The molecule has 5 heteroatoms. The number of aromatic nitrogens is 2. The first-order valence-corrected chi connectivity index (χ1v) is 8.25. The molecule has 0 aliphatic carbocycles. The van der Waals surface area contributed by atoms with E-state index >= 15 is 0 Å². The van der Waals surface area contributed by atoms with Gasteiger partial charge in [-0.05, 0) is 12.0 Å². The van der Waals surface area contributed by atoms with E-state index in [4.69, 9.17) is 4.52 Å². The SMILES string of the molecule is CCc1noc(CCN2C[C@@](C)(c3ccccc3)CCC2=O)n1. The third-order valence-corrected chi connectivity index (χ3v) is 4.68. The van der Waals surface area contributed by atoms with Crippen LogP contribution in [0, 0.1) is 0 Å². The fourth-order valence-electron chi connectivity index (χ4n) is 3.18. The van der Waals surface area contributed by atoms with Crippen molar-refractivity contribution in [2.75, 3.05) is 13.1 Å². The van der Waals surface area contributed by atoms with Gasteiger partial charge in [0.25, 0.3) is 0 Å². The number of benzene rings is 1. The van der Waals surface area contributed by atoms with Crippen LogP contribution in [0.3, 0.4) is 0 Å². The normalized spacial score (nSPS) is 21.7. The standard InChI is InChI=1S/C18H23N3O2/c1-3-15-19-16(23-20-15)10-12-21-13-18(2,11-9-17(21)22)14-7-5-4-6-8-14/h4-8H,3,9-13H2,1-2H3/t18-/m0/s1. The average Bonchev–Trinajstić information content (AvgIpc) is 3.05. The van der Waals surface area contributed by atoms with Gasteiger partial charge in [0.2, 0.25) is 11.8 Å². The van der Waals surface area contributed by atoms with Crippen LogP contribution in [-0.2, 0) is 23.1 Å². The Morgan fingerprint density at radius 3 is 2.78 bits per heavy atom. The van der Waals surface area contributed by atoms with E-state index in [-0.39, 0.29) is 11.3 Å². The van der Waals surface area contributed by atoms with Crippen molar-refractivity contribution in [1.29, 1.82) is 0 Å². The third kappa shape index (κ3) is 3.44. The summed E-state index contributed by atoms with van der Waals surface area (Å²) in [5.41, 5.74) is 1.31. The van der Waals surface area contributed by atoms with Gasteiger partial charge in [-0.25, -0.2) is 0 Å². The van der Waals surface area contributed by atoms with Crippen LogP contribution < -0.4 is 0 Å². The quantitative estimate of drug-likeness (QED) is 0.851. The number of carbonyl (C=O) groups excluding carboxylic acids is 1. The summed E-state index contributed by atoms with van der Waals surface area (Å²) in [6, 6.07) is 10.5. The second-order valence-electron chi connectivity index (χ2n) is 6.45. The predicted molar refractivity (Wildman–Crippen MR) is 87.0 cm³/mol. The van der Waals surface area contributed by atoms with Gasteiger partial charge in [0.1, 0.15) is 0 Å². The van der Waals surface area contributed by atoms with Crippen molar-refractivity contribution >= 4 is 5.91 Å². The van der Waals surface area contributed by atoms with E-state index in [1.807, 2.05) is 17.9 Å². The molecule has 0 bridgehead atoms. The van der Waals surface area contributed by atoms with E-state index in [9.17, 15) is 4.79 Å². The molecule has 0 spiro atoms. The lowest BCUT2D eigenvalue weighted by Crippen LogP contribution is -2.48. The molecule has 1 aromatic heterocycles. The fraction of sp³-hybridized carbons (Fsp3) is 0.500. The van der Waals surface area contributed by atoms with Crippen LogP contribution in [0.15, 0.2) is 34.9 Å². The van der Waals surface area contributed by atoms with Crippen molar-refractivity contribution in [2.45, 2.75) is 44.9 Å². The van der Waals surface area contributed by atoms with Crippen molar-refractivity contribution in [3.8, 4) is 0 Å². The first-order valence-electron chi connectivity index (χ1n) is 8.25. The van der Waals surface area contributed by atoms with E-state index in [0.717, 1.165) is 25.2 Å². The molecule has 23 heavy (non-hydrogen) atoms. The zero-order valence-electron chi connectivity index (χ0n) is 13.8. The maximum absolute atomic E-state index is 12.3. The highest BCUT2D eigenvalue weighted by Gasteiger charge is 2.36. The molecule has 122 valence electrons. The van der Waals surface area contributed by atoms with Gasteiger partial charge in [0, 0.05) is 37.8 Å². The van der Waals surface area contributed by atoms with Crippen LogP contribution in [0.25, 0.3) is 0 Å². The van der Waals surface area contributed by atoms with Gasteiger partial charge < -0.3 is 9.42 Å². The maximum atomic E-state index is 12.3. The van der Waals surface area contributed by atoms with Crippen LogP contribution in [0.1, 0.15) is 44.0 Å². The van der Waals surface area contributed by atoms with E-state index in [0.29, 0.717) is 25.3 Å². The van der Waals surface area contributed by atoms with Crippen LogP contribution in [0.2, 0.25) is 0 Å². The van der Waals surface area contributed by atoms with Gasteiger partial charge in [0.05, 0.1) is 0 Å². The lowest BCUT2D eigenvalue weighted by Gasteiger charge is -2.40. The Labute approximate surface area is 136 Å². The van der Waals surface area contributed by atoms with Crippen molar-refractivity contribution < 1.29 is 9.32 Å². The van der Waals surface area contributed by atoms with Gasteiger partial charge in [0.15, 0.2) is 5.82 Å². The number of carbonyl (C=O) groups is 1.